The third-order valence-electron chi connectivity index (χ3n) is 3.52. The molecule has 3 rings (SSSR count). The van der Waals surface area contributed by atoms with Crippen LogP contribution in [0.25, 0.3) is 22.1 Å². The first-order valence-electron chi connectivity index (χ1n) is 7.25. The molecule has 0 radical (unpaired) electrons. The number of hydrogen-bond acceptors (Lipinski definition) is 5. The Hall–Kier alpha value is -3.28. The fraction of sp³-hybridized carbons (Fsp3) is 0.111. The summed E-state index contributed by atoms with van der Waals surface area (Å²) in [5.41, 5.74) is 0.719. The summed E-state index contributed by atoms with van der Waals surface area (Å²) in [5, 5.41) is 18.8. The lowest BCUT2D eigenvalue weighted by Crippen LogP contribution is -2.06. The van der Waals surface area contributed by atoms with Crippen molar-refractivity contribution in [2.75, 3.05) is 6.61 Å². The molecule has 2 N–H and O–H groups in total. The van der Waals surface area contributed by atoms with E-state index in [4.69, 9.17) is 14.3 Å². The topological polar surface area (TPSA) is 97.0 Å². The molecule has 6 nitrogen and oxygen atoms in total. The number of phenolic OH excluding ortho intramolecular Hbond substituents is 1. The van der Waals surface area contributed by atoms with E-state index in [2.05, 4.69) is 0 Å². The van der Waals surface area contributed by atoms with Crippen LogP contribution >= 0.6 is 0 Å². The highest BCUT2D eigenvalue weighted by molar-refractivity contribution is 5.83. The number of aliphatic carboxylic acids is 1. The van der Waals surface area contributed by atoms with Crippen molar-refractivity contribution < 1.29 is 24.2 Å². The van der Waals surface area contributed by atoms with E-state index in [0.717, 1.165) is 0 Å². The third kappa shape index (κ3) is 3.08. The van der Waals surface area contributed by atoms with E-state index >= 15 is 0 Å². The second-order valence-electron chi connectivity index (χ2n) is 5.15. The highest BCUT2D eigenvalue weighted by Crippen LogP contribution is 2.28. The van der Waals surface area contributed by atoms with Crippen molar-refractivity contribution in [1.29, 1.82) is 0 Å². The summed E-state index contributed by atoms with van der Waals surface area (Å²) in [5.74, 6) is -0.533. The van der Waals surface area contributed by atoms with Gasteiger partial charge in [0.15, 0.2) is 0 Å². The van der Waals surface area contributed by atoms with E-state index < -0.39 is 5.97 Å². The summed E-state index contributed by atoms with van der Waals surface area (Å²) in [6.07, 6.45) is 1.18. The minimum Gasteiger partial charge on any atom is -0.507 e. The average molecular weight is 326 g/mol. The van der Waals surface area contributed by atoms with Crippen molar-refractivity contribution in [2.45, 2.75) is 6.42 Å². The summed E-state index contributed by atoms with van der Waals surface area (Å²) in [6.45, 7) is 0.0288. The average Bonchev–Trinajstić information content (AvgIpc) is 2.56. The SMILES string of the molecule is O=C(O)CCOc1ccc2c(=O)c(-c3ccccc3O)coc2c1. The molecular formula is C18H14O6. The highest BCUT2D eigenvalue weighted by Gasteiger charge is 2.12. The molecule has 0 aliphatic rings. The molecule has 0 unspecified atom stereocenters. The Bertz CT molecular complexity index is 957. The summed E-state index contributed by atoms with van der Waals surface area (Å²) in [7, 11) is 0. The largest absolute Gasteiger partial charge is 0.507 e. The van der Waals surface area contributed by atoms with E-state index in [1.807, 2.05) is 0 Å². The lowest BCUT2D eigenvalue weighted by Gasteiger charge is -2.07. The third-order valence-corrected chi connectivity index (χ3v) is 3.52. The van der Waals surface area contributed by atoms with Crippen molar-refractivity contribution in [3.8, 4) is 22.6 Å². The Morgan fingerprint density at radius 1 is 1.12 bits per heavy atom. The Morgan fingerprint density at radius 2 is 1.92 bits per heavy atom. The van der Waals surface area contributed by atoms with Crippen LogP contribution in [0, 0.1) is 0 Å². The molecule has 0 spiro atoms. The molecule has 24 heavy (non-hydrogen) atoms. The van der Waals surface area contributed by atoms with Gasteiger partial charge in [0.2, 0.25) is 5.43 Å². The predicted octanol–water partition coefficient (Wildman–Crippen LogP) is 3.02. The fourth-order valence-corrected chi connectivity index (χ4v) is 2.34. The van der Waals surface area contributed by atoms with Crippen molar-refractivity contribution in [3.63, 3.8) is 0 Å². The van der Waals surface area contributed by atoms with E-state index in [9.17, 15) is 14.7 Å². The molecule has 0 aliphatic carbocycles. The van der Waals surface area contributed by atoms with Gasteiger partial charge >= 0.3 is 5.97 Å². The van der Waals surface area contributed by atoms with Crippen LogP contribution in [0.2, 0.25) is 0 Å². The maximum atomic E-state index is 12.6. The summed E-state index contributed by atoms with van der Waals surface area (Å²) < 4.78 is 10.8. The zero-order chi connectivity index (χ0) is 17.1. The van der Waals surface area contributed by atoms with Crippen molar-refractivity contribution in [2.24, 2.45) is 0 Å². The number of aromatic hydroxyl groups is 1. The number of carboxylic acid groups (broad SMARTS) is 1. The second kappa shape index (κ2) is 6.45. The van der Waals surface area contributed by atoms with Crippen LogP contribution in [-0.2, 0) is 4.79 Å². The summed E-state index contributed by atoms with van der Waals surface area (Å²) >= 11 is 0. The minimum atomic E-state index is -0.949. The number of para-hydroxylation sites is 1. The number of phenols is 1. The van der Waals surface area contributed by atoms with Crippen LogP contribution in [0.15, 0.2) is 57.9 Å². The Morgan fingerprint density at radius 3 is 2.67 bits per heavy atom. The normalized spacial score (nSPS) is 10.7. The molecule has 0 aliphatic heterocycles. The quantitative estimate of drug-likeness (QED) is 0.748. The monoisotopic (exact) mass is 326 g/mol. The molecule has 0 atom stereocenters. The Kier molecular flexibility index (Phi) is 4.20. The van der Waals surface area contributed by atoms with Gasteiger partial charge in [0.05, 0.1) is 24.0 Å². The Balaban J connectivity index is 1.97. The molecule has 3 aromatic rings. The second-order valence-corrected chi connectivity index (χ2v) is 5.15. The van der Waals surface area contributed by atoms with Crippen molar-refractivity contribution in [3.05, 3.63) is 59.0 Å². The number of carboxylic acids is 1. The zero-order valence-electron chi connectivity index (χ0n) is 12.6. The van der Waals surface area contributed by atoms with E-state index in [1.165, 1.54) is 18.4 Å². The summed E-state index contributed by atoms with van der Waals surface area (Å²) in [4.78, 5) is 23.1. The first-order valence-corrected chi connectivity index (χ1v) is 7.25. The van der Waals surface area contributed by atoms with Crippen LogP contribution in [0.4, 0.5) is 0 Å². The van der Waals surface area contributed by atoms with Gasteiger partial charge in [-0.05, 0) is 18.2 Å². The molecule has 0 fully saturated rings. The molecule has 0 saturated carbocycles. The zero-order valence-corrected chi connectivity index (χ0v) is 12.6. The van der Waals surface area contributed by atoms with Gasteiger partial charge in [-0.2, -0.15) is 0 Å². The van der Waals surface area contributed by atoms with Gasteiger partial charge in [0.25, 0.3) is 0 Å². The maximum absolute atomic E-state index is 12.6. The van der Waals surface area contributed by atoms with Gasteiger partial charge in [-0.3, -0.25) is 9.59 Å². The van der Waals surface area contributed by atoms with Crippen molar-refractivity contribution >= 4 is 16.9 Å². The number of carbonyl (C=O) groups is 1. The maximum Gasteiger partial charge on any atom is 0.306 e. The van der Waals surface area contributed by atoms with Gasteiger partial charge in [0, 0.05) is 11.6 Å². The van der Waals surface area contributed by atoms with E-state index in [1.54, 1.807) is 30.3 Å². The molecular weight excluding hydrogens is 312 g/mol. The number of ether oxygens (including phenoxy) is 1. The van der Waals surface area contributed by atoms with Crippen LogP contribution < -0.4 is 10.2 Å². The Labute approximate surface area is 136 Å². The lowest BCUT2D eigenvalue weighted by atomic mass is 10.0. The van der Waals surface area contributed by atoms with Crippen LogP contribution in [0.3, 0.4) is 0 Å². The molecule has 0 amide bonds. The smallest absolute Gasteiger partial charge is 0.306 e. The van der Waals surface area contributed by atoms with Crippen LogP contribution in [0.1, 0.15) is 6.42 Å². The van der Waals surface area contributed by atoms with Crippen molar-refractivity contribution in [1.82, 2.24) is 0 Å². The molecule has 6 heteroatoms. The van der Waals surface area contributed by atoms with Gasteiger partial charge in [0.1, 0.15) is 23.3 Å². The van der Waals surface area contributed by atoms with E-state index in [0.29, 0.717) is 22.3 Å². The van der Waals surface area contributed by atoms with Crippen LogP contribution in [-0.4, -0.2) is 22.8 Å². The molecule has 1 aromatic heterocycles. The van der Waals surface area contributed by atoms with Gasteiger partial charge in [-0.25, -0.2) is 0 Å². The summed E-state index contributed by atoms with van der Waals surface area (Å²) in [6, 6.07) is 11.2. The number of benzene rings is 2. The number of fused-ring (bicyclic) bond motifs is 1. The van der Waals surface area contributed by atoms with Crippen LogP contribution in [0.5, 0.6) is 11.5 Å². The molecule has 0 saturated heterocycles. The highest BCUT2D eigenvalue weighted by atomic mass is 16.5. The first kappa shape index (κ1) is 15.6. The van der Waals surface area contributed by atoms with Gasteiger partial charge in [-0.1, -0.05) is 18.2 Å². The molecule has 2 aromatic carbocycles. The number of hydrogen-bond donors (Lipinski definition) is 2. The predicted molar refractivity (Wildman–Crippen MR) is 87.3 cm³/mol. The fourth-order valence-electron chi connectivity index (χ4n) is 2.34. The lowest BCUT2D eigenvalue weighted by molar-refractivity contribution is -0.137. The van der Waals surface area contributed by atoms with Gasteiger partial charge < -0.3 is 19.4 Å². The molecule has 0 bridgehead atoms. The molecule has 1 heterocycles. The number of rotatable bonds is 5. The van der Waals surface area contributed by atoms with Gasteiger partial charge in [-0.15, -0.1) is 0 Å². The first-order chi connectivity index (χ1) is 11.6. The van der Waals surface area contributed by atoms with E-state index in [-0.39, 0.29) is 29.8 Å². The molecule has 122 valence electrons. The standard InChI is InChI=1S/C18H14O6/c19-15-4-2-1-3-12(15)14-10-24-16-9-11(23-8-7-17(20)21)5-6-13(16)18(14)22/h1-6,9-10,19H,7-8H2,(H,20,21). The minimum absolute atomic E-state index is 0.00206.